The van der Waals surface area contributed by atoms with Crippen molar-refractivity contribution in [3.05, 3.63) is 51.8 Å². The average molecular weight is 325 g/mol. The van der Waals surface area contributed by atoms with Crippen LogP contribution in [-0.4, -0.2) is 19.6 Å². The number of fused-ring (bicyclic) bond motifs is 1. The molecule has 0 bridgehead atoms. The molecule has 0 aliphatic rings. The molecule has 0 spiro atoms. The van der Waals surface area contributed by atoms with Gasteiger partial charge in [-0.3, -0.25) is 0 Å². The summed E-state index contributed by atoms with van der Waals surface area (Å²) in [7, 11) is 0. The average Bonchev–Trinajstić information content (AvgIpc) is 2.81. The first-order chi connectivity index (χ1) is 9.61. The fraction of sp³-hybridized carbons (Fsp3) is 0.154. The molecule has 0 N–H and O–H groups in total. The van der Waals surface area contributed by atoms with Crippen molar-refractivity contribution in [1.82, 2.24) is 19.6 Å². The van der Waals surface area contributed by atoms with Crippen LogP contribution in [0.2, 0.25) is 10.2 Å². The van der Waals surface area contributed by atoms with Gasteiger partial charge in [-0.25, -0.2) is 4.98 Å². The van der Waals surface area contributed by atoms with Gasteiger partial charge in [0.15, 0.2) is 0 Å². The number of aryl methyl sites for hydroxylation is 1. The van der Waals surface area contributed by atoms with Crippen molar-refractivity contribution in [2.45, 2.75) is 17.8 Å². The third-order valence-corrected chi connectivity index (χ3v) is 4.09. The van der Waals surface area contributed by atoms with Crippen LogP contribution in [0.1, 0.15) is 11.3 Å². The Morgan fingerprint density at radius 2 is 1.90 bits per heavy atom. The first kappa shape index (κ1) is 13.7. The highest BCUT2D eigenvalue weighted by atomic mass is 35.5. The van der Waals surface area contributed by atoms with Crippen molar-refractivity contribution in [1.29, 1.82) is 0 Å². The molecule has 3 aromatic rings. The van der Waals surface area contributed by atoms with Gasteiger partial charge in [0.1, 0.15) is 5.15 Å². The van der Waals surface area contributed by atoms with Gasteiger partial charge in [0, 0.05) is 16.5 Å². The largest absolute Gasteiger partial charge is 0.254 e. The maximum Gasteiger partial charge on any atom is 0.254 e. The summed E-state index contributed by atoms with van der Waals surface area (Å²) in [5.74, 6) is 1.29. The van der Waals surface area contributed by atoms with E-state index in [4.69, 9.17) is 23.2 Å². The molecular weight excluding hydrogens is 315 g/mol. The van der Waals surface area contributed by atoms with Gasteiger partial charge < -0.3 is 0 Å². The topological polar surface area (TPSA) is 43.1 Å². The zero-order valence-electron chi connectivity index (χ0n) is 10.5. The minimum absolute atomic E-state index is 0.512. The van der Waals surface area contributed by atoms with Gasteiger partial charge in [-0.05, 0) is 30.7 Å². The minimum atomic E-state index is 0.512. The molecule has 0 fully saturated rings. The summed E-state index contributed by atoms with van der Waals surface area (Å²) in [6, 6.07) is 9.48. The Labute approximate surface area is 130 Å². The first-order valence-corrected chi connectivity index (χ1v) is 7.63. The number of benzene rings is 1. The molecule has 7 heteroatoms. The van der Waals surface area contributed by atoms with Gasteiger partial charge in [-0.2, -0.15) is 9.50 Å². The van der Waals surface area contributed by atoms with E-state index >= 15 is 0 Å². The minimum Gasteiger partial charge on any atom is -0.216 e. The summed E-state index contributed by atoms with van der Waals surface area (Å²) in [5, 5.41) is 6.23. The van der Waals surface area contributed by atoms with Crippen LogP contribution in [0.15, 0.2) is 35.5 Å². The van der Waals surface area contributed by atoms with Gasteiger partial charge >= 0.3 is 0 Å². The highest BCUT2D eigenvalue weighted by Crippen LogP contribution is 2.22. The molecule has 0 radical (unpaired) electrons. The second-order valence-electron chi connectivity index (χ2n) is 4.24. The van der Waals surface area contributed by atoms with Crippen LogP contribution in [0.5, 0.6) is 0 Å². The van der Waals surface area contributed by atoms with E-state index in [9.17, 15) is 0 Å². The third-order valence-electron chi connectivity index (χ3n) is 2.66. The maximum atomic E-state index is 6.11. The number of hydrogen-bond donors (Lipinski definition) is 0. The van der Waals surface area contributed by atoms with Gasteiger partial charge in [-0.15, -0.1) is 5.10 Å². The summed E-state index contributed by atoms with van der Waals surface area (Å²) < 4.78 is 1.54. The number of halogens is 2. The molecule has 0 saturated heterocycles. The van der Waals surface area contributed by atoms with Gasteiger partial charge in [0.25, 0.3) is 5.78 Å². The van der Waals surface area contributed by atoms with E-state index in [1.54, 1.807) is 10.6 Å². The highest BCUT2D eigenvalue weighted by molar-refractivity contribution is 7.98. The Morgan fingerprint density at radius 1 is 1.15 bits per heavy atom. The zero-order chi connectivity index (χ0) is 14.1. The molecule has 0 aliphatic heterocycles. The molecule has 0 amide bonds. The smallest absolute Gasteiger partial charge is 0.216 e. The summed E-state index contributed by atoms with van der Waals surface area (Å²) in [4.78, 5) is 8.66. The fourth-order valence-electron chi connectivity index (χ4n) is 1.71. The molecule has 1 aromatic carbocycles. The molecule has 4 nitrogen and oxygen atoms in total. The van der Waals surface area contributed by atoms with Crippen molar-refractivity contribution < 1.29 is 0 Å². The second kappa shape index (κ2) is 5.60. The lowest BCUT2D eigenvalue weighted by molar-refractivity contribution is 0.876. The molecule has 0 unspecified atom stereocenters. The summed E-state index contributed by atoms with van der Waals surface area (Å²) in [6.45, 7) is 1.88. The number of nitrogens with zero attached hydrogens (tertiary/aromatic N) is 4. The van der Waals surface area contributed by atoms with E-state index in [0.29, 0.717) is 16.1 Å². The Balaban J connectivity index is 1.81. The van der Waals surface area contributed by atoms with Crippen LogP contribution in [0.25, 0.3) is 5.78 Å². The number of hydrogen-bond acceptors (Lipinski definition) is 4. The van der Waals surface area contributed by atoms with E-state index in [1.165, 1.54) is 11.8 Å². The monoisotopic (exact) mass is 324 g/mol. The van der Waals surface area contributed by atoms with Gasteiger partial charge in [0.2, 0.25) is 5.16 Å². The zero-order valence-corrected chi connectivity index (χ0v) is 12.9. The van der Waals surface area contributed by atoms with Crippen LogP contribution in [-0.2, 0) is 5.75 Å². The number of thioether (sulfide) groups is 1. The fourth-order valence-corrected chi connectivity index (χ4v) is 2.89. The Hall–Kier alpha value is -1.30. The Morgan fingerprint density at radius 3 is 2.65 bits per heavy atom. The van der Waals surface area contributed by atoms with Crippen molar-refractivity contribution in [2.24, 2.45) is 0 Å². The van der Waals surface area contributed by atoms with Crippen molar-refractivity contribution in [3.63, 3.8) is 0 Å². The maximum absolute atomic E-state index is 6.11. The van der Waals surface area contributed by atoms with E-state index in [-0.39, 0.29) is 0 Å². The SMILES string of the molecule is Cc1cc(Cl)n2nc(SCc3ccc(Cl)cc3)nc2n1. The van der Waals surface area contributed by atoms with Gasteiger partial charge in [-0.1, -0.05) is 47.1 Å². The molecule has 102 valence electrons. The molecular formula is C13H10Cl2N4S. The number of aromatic nitrogens is 4. The van der Waals surface area contributed by atoms with E-state index in [1.807, 2.05) is 31.2 Å². The van der Waals surface area contributed by atoms with Gasteiger partial charge in [0.05, 0.1) is 0 Å². The van der Waals surface area contributed by atoms with Crippen LogP contribution in [0, 0.1) is 6.92 Å². The van der Waals surface area contributed by atoms with Crippen LogP contribution in [0.4, 0.5) is 0 Å². The number of rotatable bonds is 3. The molecule has 3 rings (SSSR count). The first-order valence-electron chi connectivity index (χ1n) is 5.89. The third kappa shape index (κ3) is 2.90. The summed E-state index contributed by atoms with van der Waals surface area (Å²) in [5.41, 5.74) is 1.98. The highest BCUT2D eigenvalue weighted by Gasteiger charge is 2.09. The van der Waals surface area contributed by atoms with E-state index in [0.717, 1.165) is 22.0 Å². The lowest BCUT2D eigenvalue weighted by atomic mass is 10.2. The van der Waals surface area contributed by atoms with Crippen LogP contribution in [0.3, 0.4) is 0 Å². The van der Waals surface area contributed by atoms with E-state index in [2.05, 4.69) is 15.1 Å². The van der Waals surface area contributed by atoms with Crippen LogP contribution < -0.4 is 0 Å². The Bertz CT molecular complexity index is 755. The van der Waals surface area contributed by atoms with Crippen molar-refractivity contribution in [3.8, 4) is 0 Å². The summed E-state index contributed by atoms with van der Waals surface area (Å²) >= 11 is 13.5. The molecule has 0 aliphatic carbocycles. The van der Waals surface area contributed by atoms with Crippen molar-refractivity contribution >= 4 is 40.7 Å². The second-order valence-corrected chi connectivity index (χ2v) is 6.01. The lowest BCUT2D eigenvalue weighted by Crippen LogP contribution is -1.94. The normalized spacial score (nSPS) is 11.2. The standard InChI is InChI=1S/C13H10Cl2N4S/c1-8-6-11(15)19-12(16-8)17-13(18-19)20-7-9-2-4-10(14)5-3-9/h2-6H,7H2,1H3. The molecule has 0 saturated carbocycles. The quantitative estimate of drug-likeness (QED) is 0.539. The van der Waals surface area contributed by atoms with Crippen molar-refractivity contribution in [2.75, 3.05) is 0 Å². The van der Waals surface area contributed by atoms with E-state index < -0.39 is 0 Å². The predicted molar refractivity (Wildman–Crippen MR) is 81.5 cm³/mol. The molecule has 0 atom stereocenters. The lowest BCUT2D eigenvalue weighted by Gasteiger charge is -1.98. The Kier molecular flexibility index (Phi) is 3.83. The summed E-state index contributed by atoms with van der Waals surface area (Å²) in [6.07, 6.45) is 0. The molecule has 2 heterocycles. The predicted octanol–water partition coefficient (Wildman–Crippen LogP) is 4.03. The van der Waals surface area contributed by atoms with Crippen LogP contribution >= 0.6 is 35.0 Å². The molecule has 2 aromatic heterocycles. The molecule has 20 heavy (non-hydrogen) atoms.